The van der Waals surface area contributed by atoms with Crippen molar-refractivity contribution in [2.75, 3.05) is 18.1 Å². The van der Waals surface area contributed by atoms with Gasteiger partial charge in [0.25, 0.3) is 0 Å². The molecule has 0 amide bonds. The zero-order valence-corrected chi connectivity index (χ0v) is 12.0. The maximum absolute atomic E-state index is 13.7. The molecule has 1 rings (SSSR count). The van der Waals surface area contributed by atoms with Gasteiger partial charge in [-0.3, -0.25) is 0 Å². The minimum atomic E-state index is -3.09. The molecule has 0 aliphatic rings. The van der Waals surface area contributed by atoms with Crippen molar-refractivity contribution in [1.29, 1.82) is 0 Å². The van der Waals surface area contributed by atoms with Gasteiger partial charge in [0.1, 0.15) is 6.61 Å². The molecule has 108 valence electrons. The standard InChI is InChI=1S/C13H20FNO3S/c1-3-19(16,17)7-6-18-13-5-4-11(8-10(2)15)9-12(13)14/h4-5,9-10H,3,6-8,15H2,1-2H3. The monoisotopic (exact) mass is 289 g/mol. The lowest BCUT2D eigenvalue weighted by Crippen LogP contribution is -2.18. The highest BCUT2D eigenvalue weighted by Crippen LogP contribution is 2.19. The van der Waals surface area contributed by atoms with E-state index < -0.39 is 15.7 Å². The Balaban J connectivity index is 2.60. The van der Waals surface area contributed by atoms with E-state index in [1.165, 1.54) is 12.1 Å². The molecule has 4 nitrogen and oxygen atoms in total. The van der Waals surface area contributed by atoms with Crippen LogP contribution < -0.4 is 10.5 Å². The molecule has 1 aromatic carbocycles. The molecule has 0 heterocycles. The molecular formula is C13H20FNO3S. The van der Waals surface area contributed by atoms with Crippen molar-refractivity contribution in [3.63, 3.8) is 0 Å². The quantitative estimate of drug-likeness (QED) is 0.826. The highest BCUT2D eigenvalue weighted by atomic mass is 32.2. The Bertz CT molecular complexity index is 515. The van der Waals surface area contributed by atoms with E-state index in [0.717, 1.165) is 5.56 Å². The summed E-state index contributed by atoms with van der Waals surface area (Å²) < 4.78 is 41.4. The maximum Gasteiger partial charge on any atom is 0.165 e. The van der Waals surface area contributed by atoms with Gasteiger partial charge in [0, 0.05) is 11.8 Å². The van der Waals surface area contributed by atoms with Gasteiger partial charge >= 0.3 is 0 Å². The molecule has 19 heavy (non-hydrogen) atoms. The van der Waals surface area contributed by atoms with Crippen LogP contribution in [0.15, 0.2) is 18.2 Å². The average molecular weight is 289 g/mol. The molecule has 0 radical (unpaired) electrons. The molecule has 0 aromatic heterocycles. The van der Waals surface area contributed by atoms with Gasteiger partial charge in [-0.25, -0.2) is 12.8 Å². The number of nitrogens with two attached hydrogens (primary N) is 1. The third-order valence-corrected chi connectivity index (χ3v) is 4.31. The first-order valence-corrected chi connectivity index (χ1v) is 8.03. The highest BCUT2D eigenvalue weighted by Gasteiger charge is 2.10. The summed E-state index contributed by atoms with van der Waals surface area (Å²) >= 11 is 0. The summed E-state index contributed by atoms with van der Waals surface area (Å²) in [5, 5.41) is 0. The minimum absolute atomic E-state index is 0.0409. The first-order valence-electron chi connectivity index (χ1n) is 6.21. The van der Waals surface area contributed by atoms with Crippen molar-refractivity contribution in [2.24, 2.45) is 5.73 Å². The molecular weight excluding hydrogens is 269 g/mol. The van der Waals surface area contributed by atoms with Crippen molar-refractivity contribution in [1.82, 2.24) is 0 Å². The largest absolute Gasteiger partial charge is 0.489 e. The topological polar surface area (TPSA) is 69.4 Å². The second-order valence-corrected chi connectivity index (χ2v) is 7.00. The van der Waals surface area contributed by atoms with E-state index >= 15 is 0 Å². The van der Waals surface area contributed by atoms with E-state index in [4.69, 9.17) is 10.5 Å². The molecule has 0 saturated heterocycles. The van der Waals surface area contributed by atoms with E-state index in [2.05, 4.69) is 0 Å². The van der Waals surface area contributed by atoms with Crippen molar-refractivity contribution in [2.45, 2.75) is 26.3 Å². The van der Waals surface area contributed by atoms with Gasteiger partial charge in [0.05, 0.1) is 5.75 Å². The lowest BCUT2D eigenvalue weighted by molar-refractivity contribution is 0.322. The number of rotatable bonds is 7. The third-order valence-electron chi connectivity index (χ3n) is 2.65. The predicted octanol–water partition coefficient (Wildman–Crippen LogP) is 1.53. The van der Waals surface area contributed by atoms with E-state index in [0.29, 0.717) is 6.42 Å². The second kappa shape index (κ2) is 6.86. The zero-order valence-electron chi connectivity index (χ0n) is 11.2. The van der Waals surface area contributed by atoms with Crippen LogP contribution in [0.3, 0.4) is 0 Å². The van der Waals surface area contributed by atoms with Crippen LogP contribution in [0.4, 0.5) is 4.39 Å². The normalized spacial score (nSPS) is 13.3. The summed E-state index contributed by atoms with van der Waals surface area (Å²) in [7, 11) is -3.09. The van der Waals surface area contributed by atoms with Gasteiger partial charge < -0.3 is 10.5 Å². The van der Waals surface area contributed by atoms with Crippen LogP contribution in [0.1, 0.15) is 19.4 Å². The summed E-state index contributed by atoms with van der Waals surface area (Å²) in [6, 6.07) is 4.57. The molecule has 0 aliphatic carbocycles. The molecule has 1 unspecified atom stereocenters. The lowest BCUT2D eigenvalue weighted by atomic mass is 10.1. The Morgan fingerprint density at radius 3 is 2.63 bits per heavy atom. The van der Waals surface area contributed by atoms with Crippen LogP contribution in [0, 0.1) is 5.82 Å². The molecule has 0 saturated carbocycles. The molecule has 6 heteroatoms. The summed E-state index contributed by atoms with van der Waals surface area (Å²) in [6.07, 6.45) is 0.585. The molecule has 1 atom stereocenters. The van der Waals surface area contributed by atoms with Crippen LogP contribution in [0.2, 0.25) is 0 Å². The number of hydrogen-bond acceptors (Lipinski definition) is 4. The number of halogens is 1. The van der Waals surface area contributed by atoms with E-state index in [1.54, 1.807) is 13.0 Å². The van der Waals surface area contributed by atoms with Gasteiger partial charge in [-0.05, 0) is 31.0 Å². The average Bonchev–Trinajstić information content (AvgIpc) is 2.31. The maximum atomic E-state index is 13.7. The summed E-state index contributed by atoms with van der Waals surface area (Å²) in [6.45, 7) is 3.37. The molecule has 0 fully saturated rings. The van der Waals surface area contributed by atoms with E-state index in [-0.39, 0.29) is 29.9 Å². The van der Waals surface area contributed by atoms with Crippen LogP contribution >= 0.6 is 0 Å². The van der Waals surface area contributed by atoms with Gasteiger partial charge in [0.15, 0.2) is 21.4 Å². The lowest BCUT2D eigenvalue weighted by Gasteiger charge is -2.10. The van der Waals surface area contributed by atoms with Crippen LogP contribution in [0.25, 0.3) is 0 Å². The number of hydrogen-bond donors (Lipinski definition) is 1. The molecule has 1 aromatic rings. The predicted molar refractivity (Wildman–Crippen MR) is 73.6 cm³/mol. The summed E-state index contributed by atoms with van der Waals surface area (Å²) in [5.74, 6) is -0.469. The van der Waals surface area contributed by atoms with Crippen LogP contribution in [-0.4, -0.2) is 32.6 Å². The van der Waals surface area contributed by atoms with Crippen molar-refractivity contribution >= 4 is 9.84 Å². The summed E-state index contributed by atoms with van der Waals surface area (Å²) in [5.41, 5.74) is 6.43. The first-order chi connectivity index (χ1) is 8.84. The number of ether oxygens (including phenoxy) is 1. The zero-order chi connectivity index (χ0) is 14.5. The Labute approximate surface area is 113 Å². The summed E-state index contributed by atoms with van der Waals surface area (Å²) in [4.78, 5) is 0. The van der Waals surface area contributed by atoms with Gasteiger partial charge in [-0.15, -0.1) is 0 Å². The second-order valence-electron chi connectivity index (χ2n) is 4.53. The number of sulfone groups is 1. The Kier molecular flexibility index (Phi) is 5.75. The molecule has 0 aliphatic heterocycles. The minimum Gasteiger partial charge on any atom is -0.489 e. The fraction of sp³-hybridized carbons (Fsp3) is 0.538. The van der Waals surface area contributed by atoms with Crippen molar-refractivity contribution in [3.05, 3.63) is 29.6 Å². The SMILES string of the molecule is CCS(=O)(=O)CCOc1ccc(CC(C)N)cc1F. The smallest absolute Gasteiger partial charge is 0.165 e. The Hall–Kier alpha value is -1.14. The molecule has 0 bridgehead atoms. The van der Waals surface area contributed by atoms with Crippen LogP contribution in [-0.2, 0) is 16.3 Å². The molecule has 0 spiro atoms. The first kappa shape index (κ1) is 15.9. The third kappa shape index (κ3) is 5.57. The van der Waals surface area contributed by atoms with Gasteiger partial charge in [-0.2, -0.15) is 0 Å². The molecule has 2 N–H and O–H groups in total. The fourth-order valence-corrected chi connectivity index (χ4v) is 2.21. The van der Waals surface area contributed by atoms with E-state index in [9.17, 15) is 12.8 Å². The number of benzene rings is 1. The van der Waals surface area contributed by atoms with Crippen molar-refractivity contribution < 1.29 is 17.5 Å². The van der Waals surface area contributed by atoms with Gasteiger partial charge in [-0.1, -0.05) is 13.0 Å². The Morgan fingerprint density at radius 2 is 2.11 bits per heavy atom. The Morgan fingerprint density at radius 1 is 1.42 bits per heavy atom. The van der Waals surface area contributed by atoms with E-state index in [1.807, 2.05) is 6.92 Å². The van der Waals surface area contributed by atoms with Crippen LogP contribution in [0.5, 0.6) is 5.75 Å². The highest BCUT2D eigenvalue weighted by molar-refractivity contribution is 7.91. The fourth-order valence-electron chi connectivity index (χ4n) is 1.58. The van der Waals surface area contributed by atoms with Crippen molar-refractivity contribution in [3.8, 4) is 5.75 Å². The van der Waals surface area contributed by atoms with Gasteiger partial charge in [0.2, 0.25) is 0 Å².